The number of likely N-dealkylation sites (N-methyl/N-ethyl adjacent to an activating group) is 1. The summed E-state index contributed by atoms with van der Waals surface area (Å²) in [5, 5.41) is 2.82. The van der Waals surface area contributed by atoms with Crippen molar-refractivity contribution in [3.05, 3.63) is 69.2 Å². The number of rotatable bonds is 7. The molecule has 4 nitrogen and oxygen atoms in total. The fourth-order valence-corrected chi connectivity index (χ4v) is 3.63. The normalized spacial score (nSPS) is 11.7. The maximum Gasteiger partial charge on any atom is 0.242 e. The van der Waals surface area contributed by atoms with Crippen LogP contribution in [-0.2, 0) is 22.6 Å². The number of nitrogens with one attached hydrogen (secondary N) is 1. The molecular weight excluding hydrogens is 404 g/mol. The standard InChI is InChI=1S/C22H27BrN2O2/c1-5-24-22(27)17(4)25(14-18-7-6-8-20(23)12-18)21(26)13-19-10-15(2)9-16(3)11-19/h6-12,17H,5,13-14H2,1-4H3,(H,24,27). The molecule has 2 rings (SSSR count). The average Bonchev–Trinajstić information content (AvgIpc) is 2.58. The Morgan fingerprint density at radius 1 is 1.07 bits per heavy atom. The van der Waals surface area contributed by atoms with Crippen LogP contribution in [-0.4, -0.2) is 29.3 Å². The molecular formula is C22H27BrN2O2. The van der Waals surface area contributed by atoms with Gasteiger partial charge in [-0.05, 0) is 51.0 Å². The zero-order chi connectivity index (χ0) is 20.0. The fraction of sp³-hybridized carbons (Fsp3) is 0.364. The number of aryl methyl sites for hydroxylation is 2. The monoisotopic (exact) mass is 430 g/mol. The minimum Gasteiger partial charge on any atom is -0.355 e. The van der Waals surface area contributed by atoms with Gasteiger partial charge in [0.25, 0.3) is 0 Å². The van der Waals surface area contributed by atoms with Crippen molar-refractivity contribution in [1.82, 2.24) is 10.2 Å². The maximum absolute atomic E-state index is 13.1. The third kappa shape index (κ3) is 6.21. The molecule has 0 aliphatic carbocycles. The van der Waals surface area contributed by atoms with Gasteiger partial charge in [0.2, 0.25) is 11.8 Å². The highest BCUT2D eigenvalue weighted by molar-refractivity contribution is 9.10. The van der Waals surface area contributed by atoms with E-state index in [-0.39, 0.29) is 18.2 Å². The summed E-state index contributed by atoms with van der Waals surface area (Å²) in [5.41, 5.74) is 4.22. The first kappa shape index (κ1) is 21.2. The Hall–Kier alpha value is -2.14. The van der Waals surface area contributed by atoms with Crippen molar-refractivity contribution < 1.29 is 9.59 Å². The molecule has 27 heavy (non-hydrogen) atoms. The van der Waals surface area contributed by atoms with Crippen molar-refractivity contribution in [2.45, 2.75) is 46.7 Å². The summed E-state index contributed by atoms with van der Waals surface area (Å²) in [4.78, 5) is 27.2. The first-order chi connectivity index (χ1) is 12.8. The van der Waals surface area contributed by atoms with Gasteiger partial charge in [0, 0.05) is 17.6 Å². The van der Waals surface area contributed by atoms with E-state index >= 15 is 0 Å². The molecule has 0 aliphatic rings. The molecule has 1 unspecified atom stereocenters. The molecule has 0 saturated heterocycles. The number of carbonyl (C=O) groups excluding carboxylic acids is 2. The molecule has 2 aromatic rings. The van der Waals surface area contributed by atoms with Crippen LogP contribution in [0.25, 0.3) is 0 Å². The number of amides is 2. The summed E-state index contributed by atoms with van der Waals surface area (Å²) in [6.45, 7) is 8.64. The second-order valence-corrected chi connectivity index (χ2v) is 7.81. The highest BCUT2D eigenvalue weighted by Gasteiger charge is 2.26. The zero-order valence-corrected chi connectivity index (χ0v) is 18.0. The first-order valence-electron chi connectivity index (χ1n) is 9.19. The average molecular weight is 431 g/mol. The molecule has 0 fully saturated rings. The Balaban J connectivity index is 2.26. The van der Waals surface area contributed by atoms with Gasteiger partial charge >= 0.3 is 0 Å². The lowest BCUT2D eigenvalue weighted by atomic mass is 10.0. The number of hydrogen-bond donors (Lipinski definition) is 1. The van der Waals surface area contributed by atoms with Gasteiger partial charge in [0.05, 0.1) is 6.42 Å². The highest BCUT2D eigenvalue weighted by Crippen LogP contribution is 2.17. The van der Waals surface area contributed by atoms with E-state index in [1.165, 1.54) is 0 Å². The van der Waals surface area contributed by atoms with E-state index in [1.54, 1.807) is 11.8 Å². The number of hydrogen-bond acceptors (Lipinski definition) is 2. The van der Waals surface area contributed by atoms with Gasteiger partial charge in [-0.25, -0.2) is 0 Å². The lowest BCUT2D eigenvalue weighted by Crippen LogP contribution is -2.48. The van der Waals surface area contributed by atoms with Crippen LogP contribution in [0.2, 0.25) is 0 Å². The Kier molecular flexibility index (Phi) is 7.60. The molecule has 1 atom stereocenters. The molecule has 0 spiro atoms. The summed E-state index contributed by atoms with van der Waals surface area (Å²) in [5.74, 6) is -0.194. The molecule has 144 valence electrons. The Morgan fingerprint density at radius 3 is 2.33 bits per heavy atom. The van der Waals surface area contributed by atoms with E-state index < -0.39 is 6.04 Å². The number of carbonyl (C=O) groups is 2. The Bertz CT molecular complexity index is 799. The van der Waals surface area contributed by atoms with Crippen molar-refractivity contribution >= 4 is 27.7 Å². The molecule has 0 heterocycles. The predicted octanol–water partition coefficient (Wildman–Crippen LogP) is 4.16. The van der Waals surface area contributed by atoms with Crippen LogP contribution in [0.5, 0.6) is 0 Å². The molecule has 5 heteroatoms. The van der Waals surface area contributed by atoms with E-state index in [2.05, 4.69) is 27.3 Å². The number of halogens is 1. The quantitative estimate of drug-likeness (QED) is 0.716. The molecule has 2 amide bonds. The fourth-order valence-electron chi connectivity index (χ4n) is 3.18. The summed E-state index contributed by atoms with van der Waals surface area (Å²) >= 11 is 3.47. The number of nitrogens with zero attached hydrogens (tertiary/aromatic N) is 1. The van der Waals surface area contributed by atoms with E-state index in [9.17, 15) is 9.59 Å². The molecule has 0 aliphatic heterocycles. The minimum absolute atomic E-state index is 0.0567. The van der Waals surface area contributed by atoms with Crippen LogP contribution in [0, 0.1) is 13.8 Å². The SMILES string of the molecule is CCNC(=O)C(C)N(Cc1cccc(Br)c1)C(=O)Cc1cc(C)cc(C)c1. The van der Waals surface area contributed by atoms with Crippen molar-refractivity contribution in [2.75, 3.05) is 6.54 Å². The van der Waals surface area contributed by atoms with Crippen LogP contribution in [0.3, 0.4) is 0 Å². The first-order valence-corrected chi connectivity index (χ1v) is 9.98. The lowest BCUT2D eigenvalue weighted by Gasteiger charge is -2.29. The Labute approximate surface area is 170 Å². The second-order valence-electron chi connectivity index (χ2n) is 6.89. The Morgan fingerprint density at radius 2 is 1.74 bits per heavy atom. The summed E-state index contributed by atoms with van der Waals surface area (Å²) < 4.78 is 0.951. The summed E-state index contributed by atoms with van der Waals surface area (Å²) in [7, 11) is 0. The third-order valence-corrected chi connectivity index (χ3v) is 4.89. The van der Waals surface area contributed by atoms with Gasteiger partial charge in [0.15, 0.2) is 0 Å². The topological polar surface area (TPSA) is 49.4 Å². The maximum atomic E-state index is 13.1. The van der Waals surface area contributed by atoms with E-state index in [0.29, 0.717) is 13.1 Å². The van der Waals surface area contributed by atoms with Crippen molar-refractivity contribution in [3.8, 4) is 0 Å². The van der Waals surface area contributed by atoms with Gasteiger partial charge in [-0.3, -0.25) is 9.59 Å². The smallest absolute Gasteiger partial charge is 0.242 e. The summed E-state index contributed by atoms with van der Waals surface area (Å²) in [6.07, 6.45) is 0.278. The molecule has 0 saturated carbocycles. The van der Waals surface area contributed by atoms with E-state index in [0.717, 1.165) is 26.7 Å². The van der Waals surface area contributed by atoms with Crippen LogP contribution in [0.4, 0.5) is 0 Å². The van der Waals surface area contributed by atoms with Crippen LogP contribution < -0.4 is 5.32 Å². The van der Waals surface area contributed by atoms with Gasteiger partial charge in [-0.1, -0.05) is 57.4 Å². The molecule has 2 aromatic carbocycles. The minimum atomic E-state index is -0.540. The van der Waals surface area contributed by atoms with Crippen molar-refractivity contribution in [2.24, 2.45) is 0 Å². The lowest BCUT2D eigenvalue weighted by molar-refractivity contribution is -0.140. The molecule has 0 bridgehead atoms. The number of benzene rings is 2. The molecule has 0 radical (unpaired) electrons. The van der Waals surface area contributed by atoms with Gasteiger partial charge in [-0.2, -0.15) is 0 Å². The predicted molar refractivity (Wildman–Crippen MR) is 112 cm³/mol. The van der Waals surface area contributed by atoms with E-state index in [4.69, 9.17) is 0 Å². The van der Waals surface area contributed by atoms with Gasteiger partial charge in [-0.15, -0.1) is 0 Å². The largest absolute Gasteiger partial charge is 0.355 e. The molecule has 1 N–H and O–H groups in total. The van der Waals surface area contributed by atoms with Crippen LogP contribution in [0.1, 0.15) is 36.1 Å². The van der Waals surface area contributed by atoms with Gasteiger partial charge < -0.3 is 10.2 Å². The zero-order valence-electron chi connectivity index (χ0n) is 16.4. The highest BCUT2D eigenvalue weighted by atomic mass is 79.9. The van der Waals surface area contributed by atoms with Crippen LogP contribution >= 0.6 is 15.9 Å². The third-order valence-electron chi connectivity index (χ3n) is 4.40. The van der Waals surface area contributed by atoms with Gasteiger partial charge in [0.1, 0.15) is 6.04 Å². The summed E-state index contributed by atoms with van der Waals surface area (Å²) in [6, 6.07) is 13.4. The van der Waals surface area contributed by atoms with E-state index in [1.807, 2.05) is 57.2 Å². The van der Waals surface area contributed by atoms with Crippen molar-refractivity contribution in [1.29, 1.82) is 0 Å². The van der Waals surface area contributed by atoms with Crippen molar-refractivity contribution in [3.63, 3.8) is 0 Å². The van der Waals surface area contributed by atoms with Crippen LogP contribution in [0.15, 0.2) is 46.9 Å². The second kappa shape index (κ2) is 9.70. The molecule has 0 aromatic heterocycles.